The number of aromatic nitrogens is 1. The molecule has 1 fully saturated rings. The number of nitrogens with zero attached hydrogens (tertiary/aromatic N) is 1. The molecule has 9 nitrogen and oxygen atoms in total. The highest BCUT2D eigenvalue weighted by Gasteiger charge is 2.31. The van der Waals surface area contributed by atoms with Crippen molar-refractivity contribution in [1.82, 2.24) is 15.8 Å². The Morgan fingerprint density at radius 2 is 1.38 bits per heavy atom. The normalized spacial score (nSPS) is 17.3. The summed E-state index contributed by atoms with van der Waals surface area (Å²) in [7, 11) is 0. The Morgan fingerprint density at radius 3 is 2.04 bits per heavy atom. The van der Waals surface area contributed by atoms with E-state index < -0.39 is 0 Å². The first-order valence-corrected chi connectivity index (χ1v) is 18.1. The van der Waals surface area contributed by atoms with Crippen molar-refractivity contribution >= 4 is 29.3 Å². The number of benzene rings is 4. The highest BCUT2D eigenvalue weighted by atomic mass is 32.2. The highest BCUT2D eigenvalue weighted by Crippen LogP contribution is 2.38. The second-order valence-electron chi connectivity index (χ2n) is 12.3. The molecule has 0 saturated carbocycles. The molecule has 1 saturated heterocycles. The SMILES string of the molecule is O=C(CCCCCCC(=O)Nc1ccc(C2CC(CSc3nc(-c4ccccc4)c(-c4ccccc4)o3)OC(c3ccccc3)N2)cc1)NO. The summed E-state index contributed by atoms with van der Waals surface area (Å²) in [6.45, 7) is 0. The number of hydrogen-bond donors (Lipinski definition) is 4. The molecule has 3 unspecified atom stereocenters. The zero-order chi connectivity index (χ0) is 34.5. The molecule has 0 aliphatic carbocycles. The van der Waals surface area contributed by atoms with Crippen molar-refractivity contribution in [2.75, 3.05) is 11.1 Å². The van der Waals surface area contributed by atoms with Crippen molar-refractivity contribution in [2.45, 2.75) is 68.5 Å². The Hall–Kier alpha value is -4.74. The summed E-state index contributed by atoms with van der Waals surface area (Å²) in [6, 6.07) is 38.4. The zero-order valence-electron chi connectivity index (χ0n) is 27.8. The van der Waals surface area contributed by atoms with E-state index in [9.17, 15) is 9.59 Å². The molecule has 0 radical (unpaired) electrons. The van der Waals surface area contributed by atoms with Gasteiger partial charge < -0.3 is 14.5 Å². The van der Waals surface area contributed by atoms with Crippen LogP contribution < -0.4 is 16.1 Å². The van der Waals surface area contributed by atoms with Crippen molar-refractivity contribution < 1.29 is 24.0 Å². The van der Waals surface area contributed by atoms with Crippen LogP contribution in [0.1, 0.15) is 68.3 Å². The Bertz CT molecular complexity index is 1750. The minimum Gasteiger partial charge on any atom is -0.431 e. The second-order valence-corrected chi connectivity index (χ2v) is 13.3. The van der Waals surface area contributed by atoms with Crippen LogP contribution in [0.15, 0.2) is 125 Å². The molecule has 50 heavy (non-hydrogen) atoms. The van der Waals surface area contributed by atoms with Gasteiger partial charge in [0, 0.05) is 41.5 Å². The predicted molar refractivity (Wildman–Crippen MR) is 195 cm³/mol. The van der Waals surface area contributed by atoms with Crippen molar-refractivity contribution in [2.24, 2.45) is 0 Å². The van der Waals surface area contributed by atoms with Gasteiger partial charge in [-0.25, -0.2) is 10.5 Å². The van der Waals surface area contributed by atoms with Crippen molar-refractivity contribution in [1.29, 1.82) is 0 Å². The van der Waals surface area contributed by atoms with E-state index in [1.807, 2.05) is 91.0 Å². The third kappa shape index (κ3) is 9.70. The fourth-order valence-corrected chi connectivity index (χ4v) is 6.89. The second kappa shape index (κ2) is 17.8. The summed E-state index contributed by atoms with van der Waals surface area (Å²) in [5.74, 6) is 0.998. The van der Waals surface area contributed by atoms with E-state index in [4.69, 9.17) is 19.3 Å². The monoisotopic (exact) mass is 690 g/mol. The number of ether oxygens (including phenoxy) is 1. The Kier molecular flexibility index (Phi) is 12.5. The molecule has 1 aromatic heterocycles. The third-order valence-electron chi connectivity index (χ3n) is 8.64. The predicted octanol–water partition coefficient (Wildman–Crippen LogP) is 8.70. The standard InChI is InChI=1S/C40H42N4O5S/c45-35(20-12-1-2-13-21-36(46)44-47)41-32-24-22-28(23-25-32)34-26-33(48-39(42-34)31-18-10-5-11-19-31)27-50-40-43-37(29-14-6-3-7-15-29)38(49-40)30-16-8-4-9-17-30/h3-11,14-19,22-25,33-34,39,42,47H,1-2,12-13,20-21,26-27H2,(H,41,45)(H,44,46). The number of carbonyl (C=O) groups is 2. The van der Waals surface area contributed by atoms with Crippen molar-refractivity contribution in [3.63, 3.8) is 0 Å². The topological polar surface area (TPSA) is 126 Å². The van der Waals surface area contributed by atoms with Gasteiger partial charge >= 0.3 is 0 Å². The van der Waals surface area contributed by atoms with E-state index in [1.165, 1.54) is 0 Å². The first-order chi connectivity index (χ1) is 24.6. The fourth-order valence-electron chi connectivity index (χ4n) is 6.05. The van der Waals surface area contributed by atoms with Crippen LogP contribution in [0.4, 0.5) is 5.69 Å². The van der Waals surface area contributed by atoms with Crippen molar-refractivity contribution in [3.05, 3.63) is 126 Å². The molecule has 1 aliphatic rings. The lowest BCUT2D eigenvalue weighted by Gasteiger charge is -2.37. The number of rotatable bonds is 15. The van der Waals surface area contributed by atoms with Gasteiger partial charge in [0.15, 0.2) is 5.76 Å². The molecular formula is C40H42N4O5S. The number of nitrogens with one attached hydrogen (secondary N) is 3. The van der Waals surface area contributed by atoms with Crippen LogP contribution in [0.3, 0.4) is 0 Å². The molecule has 2 heterocycles. The van der Waals surface area contributed by atoms with Crippen LogP contribution in [0.5, 0.6) is 0 Å². The van der Waals surface area contributed by atoms with Crippen LogP contribution in [-0.2, 0) is 14.3 Å². The quantitative estimate of drug-likeness (QED) is 0.0372. The molecule has 258 valence electrons. The number of hydroxylamine groups is 1. The number of anilines is 1. The van der Waals surface area contributed by atoms with Crippen LogP contribution in [0.25, 0.3) is 22.6 Å². The molecule has 10 heteroatoms. The summed E-state index contributed by atoms with van der Waals surface area (Å²) < 4.78 is 13.0. The van der Waals surface area contributed by atoms with Gasteiger partial charge in [-0.2, -0.15) is 0 Å². The maximum atomic E-state index is 12.5. The third-order valence-corrected chi connectivity index (χ3v) is 9.60. The lowest BCUT2D eigenvalue weighted by molar-refractivity contribution is -0.129. The van der Waals surface area contributed by atoms with E-state index in [1.54, 1.807) is 17.2 Å². The van der Waals surface area contributed by atoms with Gasteiger partial charge in [0.2, 0.25) is 11.8 Å². The number of thioether (sulfide) groups is 1. The van der Waals surface area contributed by atoms with Crippen LogP contribution >= 0.6 is 11.8 Å². The molecule has 4 aromatic carbocycles. The van der Waals surface area contributed by atoms with E-state index in [-0.39, 0.29) is 36.6 Å². The molecule has 4 N–H and O–H groups in total. The summed E-state index contributed by atoms with van der Waals surface area (Å²) in [6.07, 6.45) is 4.19. The van der Waals surface area contributed by atoms with Crippen LogP contribution in [-0.4, -0.2) is 33.9 Å². The average molecular weight is 691 g/mol. The molecule has 1 aliphatic heterocycles. The molecule has 0 bridgehead atoms. The lowest BCUT2D eigenvalue weighted by Crippen LogP contribution is -2.40. The summed E-state index contributed by atoms with van der Waals surface area (Å²) in [5.41, 5.74) is 7.37. The molecule has 6 rings (SSSR count). The van der Waals surface area contributed by atoms with E-state index in [0.29, 0.717) is 23.8 Å². The van der Waals surface area contributed by atoms with Gasteiger partial charge in [0.25, 0.3) is 5.22 Å². The fraction of sp³-hybridized carbons (Fsp3) is 0.275. The molecule has 5 aromatic rings. The summed E-state index contributed by atoms with van der Waals surface area (Å²) >= 11 is 1.56. The first kappa shape index (κ1) is 35.1. The van der Waals surface area contributed by atoms with Gasteiger partial charge in [-0.05, 0) is 42.5 Å². The first-order valence-electron chi connectivity index (χ1n) is 17.1. The summed E-state index contributed by atoms with van der Waals surface area (Å²) in [4.78, 5) is 28.6. The van der Waals surface area contributed by atoms with Gasteiger partial charge in [-0.3, -0.25) is 20.1 Å². The van der Waals surface area contributed by atoms with Gasteiger partial charge in [-0.15, -0.1) is 0 Å². The van der Waals surface area contributed by atoms with Gasteiger partial charge in [0.05, 0.1) is 6.10 Å². The van der Waals surface area contributed by atoms with Crippen molar-refractivity contribution in [3.8, 4) is 22.6 Å². The van der Waals surface area contributed by atoms with Crippen LogP contribution in [0, 0.1) is 0 Å². The van der Waals surface area contributed by atoms with Gasteiger partial charge in [-0.1, -0.05) is 128 Å². The van der Waals surface area contributed by atoms with E-state index in [2.05, 4.69) is 34.9 Å². The number of amides is 2. The minimum atomic E-state index is -0.381. The Morgan fingerprint density at radius 1 is 0.760 bits per heavy atom. The minimum absolute atomic E-state index is 0.0292. The Balaban J connectivity index is 1.10. The number of hydrogen-bond acceptors (Lipinski definition) is 8. The summed E-state index contributed by atoms with van der Waals surface area (Å²) in [5, 5.41) is 15.9. The molecule has 0 spiro atoms. The molecular weight excluding hydrogens is 649 g/mol. The highest BCUT2D eigenvalue weighted by molar-refractivity contribution is 7.99. The largest absolute Gasteiger partial charge is 0.431 e. The van der Waals surface area contributed by atoms with E-state index >= 15 is 0 Å². The van der Waals surface area contributed by atoms with Gasteiger partial charge in [0.1, 0.15) is 11.9 Å². The number of carbonyl (C=O) groups excluding carboxylic acids is 2. The maximum absolute atomic E-state index is 12.5. The van der Waals surface area contributed by atoms with Crippen LogP contribution in [0.2, 0.25) is 0 Å². The maximum Gasteiger partial charge on any atom is 0.256 e. The number of oxazole rings is 1. The Labute approximate surface area is 296 Å². The molecule has 2 amide bonds. The average Bonchev–Trinajstić information content (AvgIpc) is 3.61. The molecule has 3 atom stereocenters. The zero-order valence-corrected chi connectivity index (χ0v) is 28.6. The number of unbranched alkanes of at least 4 members (excludes halogenated alkanes) is 3. The smallest absolute Gasteiger partial charge is 0.256 e. The van der Waals surface area contributed by atoms with E-state index in [0.717, 1.165) is 65.1 Å². The lowest BCUT2D eigenvalue weighted by atomic mass is 9.98.